The highest BCUT2D eigenvalue weighted by atomic mass is 32.1. The number of nitrogens with one attached hydrogen (secondary N) is 1. The number of likely N-dealkylation sites (N-methyl/N-ethyl adjacent to an activating group) is 1. The molecule has 0 spiro atoms. The van der Waals surface area contributed by atoms with Crippen LogP contribution in [0.2, 0.25) is 0 Å². The van der Waals surface area contributed by atoms with Crippen molar-refractivity contribution in [1.82, 2.24) is 15.2 Å². The lowest BCUT2D eigenvalue weighted by Gasteiger charge is -2.23. The van der Waals surface area contributed by atoms with Gasteiger partial charge in [0.2, 0.25) is 0 Å². The van der Waals surface area contributed by atoms with E-state index in [0.717, 1.165) is 41.2 Å². The number of likely N-dealkylation sites (tertiary alicyclic amines) is 1. The quantitative estimate of drug-likeness (QED) is 0.790. The second-order valence-electron chi connectivity index (χ2n) is 6.00. The molecule has 3 aromatic rings. The van der Waals surface area contributed by atoms with Gasteiger partial charge in [-0.2, -0.15) is 0 Å². The SMILES string of the molecule is CNCC1CCCN1C(=O)c1ccc(-c2nc3ccccc3s2)o1. The highest BCUT2D eigenvalue weighted by Crippen LogP contribution is 2.31. The van der Waals surface area contributed by atoms with Gasteiger partial charge in [0.1, 0.15) is 0 Å². The highest BCUT2D eigenvalue weighted by Gasteiger charge is 2.30. The van der Waals surface area contributed by atoms with Gasteiger partial charge in [0, 0.05) is 19.1 Å². The summed E-state index contributed by atoms with van der Waals surface area (Å²) in [4.78, 5) is 19.2. The molecule has 24 heavy (non-hydrogen) atoms. The Labute approximate surface area is 144 Å². The molecule has 2 aromatic heterocycles. The molecule has 1 fully saturated rings. The molecule has 5 nitrogen and oxygen atoms in total. The number of carbonyl (C=O) groups excluding carboxylic acids is 1. The molecule has 1 amide bonds. The van der Waals surface area contributed by atoms with Crippen LogP contribution in [0.4, 0.5) is 0 Å². The van der Waals surface area contributed by atoms with Crippen molar-refractivity contribution in [2.75, 3.05) is 20.1 Å². The molecule has 1 N–H and O–H groups in total. The summed E-state index contributed by atoms with van der Waals surface area (Å²) in [5, 5.41) is 3.97. The van der Waals surface area contributed by atoms with E-state index in [-0.39, 0.29) is 11.9 Å². The number of benzene rings is 1. The smallest absolute Gasteiger partial charge is 0.289 e. The van der Waals surface area contributed by atoms with Crippen molar-refractivity contribution in [1.29, 1.82) is 0 Å². The Kier molecular flexibility index (Phi) is 4.08. The molecular weight excluding hydrogens is 322 g/mol. The molecule has 3 heterocycles. The van der Waals surface area contributed by atoms with Crippen molar-refractivity contribution in [3.63, 3.8) is 0 Å². The first kappa shape index (κ1) is 15.4. The average molecular weight is 341 g/mol. The van der Waals surface area contributed by atoms with E-state index in [4.69, 9.17) is 4.42 Å². The molecule has 1 aromatic carbocycles. The summed E-state index contributed by atoms with van der Waals surface area (Å²) < 4.78 is 6.95. The second-order valence-corrected chi connectivity index (χ2v) is 7.03. The number of para-hydroxylation sites is 1. The number of hydrogen-bond donors (Lipinski definition) is 1. The number of thiazole rings is 1. The maximum atomic E-state index is 12.7. The average Bonchev–Trinajstić information content (AvgIpc) is 3.32. The molecule has 4 rings (SSSR count). The number of fused-ring (bicyclic) bond motifs is 1. The minimum absolute atomic E-state index is 0.0277. The highest BCUT2D eigenvalue weighted by molar-refractivity contribution is 7.21. The predicted octanol–water partition coefficient (Wildman–Crippen LogP) is 3.38. The van der Waals surface area contributed by atoms with Crippen LogP contribution in [0.5, 0.6) is 0 Å². The lowest BCUT2D eigenvalue weighted by atomic mass is 10.2. The standard InChI is InChI=1S/C18H19N3O2S/c1-19-11-12-5-4-10-21(12)18(22)15-9-8-14(23-15)17-20-13-6-2-3-7-16(13)24-17/h2-3,6-9,12,19H,4-5,10-11H2,1H3. The predicted molar refractivity (Wildman–Crippen MR) is 95.3 cm³/mol. The zero-order valence-corrected chi connectivity index (χ0v) is 14.3. The maximum absolute atomic E-state index is 12.7. The minimum Gasteiger partial charge on any atom is -0.448 e. The molecular formula is C18H19N3O2S. The molecule has 6 heteroatoms. The molecule has 1 atom stereocenters. The lowest BCUT2D eigenvalue weighted by Crippen LogP contribution is -2.40. The fourth-order valence-corrected chi connectivity index (χ4v) is 4.17. The number of hydrogen-bond acceptors (Lipinski definition) is 5. The third-order valence-electron chi connectivity index (χ3n) is 4.40. The Morgan fingerprint density at radius 1 is 1.38 bits per heavy atom. The van der Waals surface area contributed by atoms with E-state index in [1.807, 2.05) is 42.3 Å². The third-order valence-corrected chi connectivity index (χ3v) is 5.45. The maximum Gasteiger partial charge on any atom is 0.289 e. The number of nitrogens with zero attached hydrogens (tertiary/aromatic N) is 2. The van der Waals surface area contributed by atoms with Crippen molar-refractivity contribution in [2.24, 2.45) is 0 Å². The number of aromatic nitrogens is 1. The topological polar surface area (TPSA) is 58.4 Å². The van der Waals surface area contributed by atoms with Crippen LogP contribution in [-0.4, -0.2) is 42.0 Å². The van der Waals surface area contributed by atoms with Crippen molar-refractivity contribution >= 4 is 27.5 Å². The van der Waals surface area contributed by atoms with E-state index >= 15 is 0 Å². The largest absolute Gasteiger partial charge is 0.448 e. The van der Waals surface area contributed by atoms with Gasteiger partial charge >= 0.3 is 0 Å². The van der Waals surface area contributed by atoms with E-state index in [1.165, 1.54) is 0 Å². The van der Waals surface area contributed by atoms with Crippen molar-refractivity contribution in [3.05, 3.63) is 42.2 Å². The third kappa shape index (κ3) is 2.72. The summed E-state index contributed by atoms with van der Waals surface area (Å²) in [6.45, 7) is 1.61. The van der Waals surface area contributed by atoms with Crippen LogP contribution < -0.4 is 5.32 Å². The van der Waals surface area contributed by atoms with Crippen LogP contribution >= 0.6 is 11.3 Å². The number of rotatable bonds is 4. The van der Waals surface area contributed by atoms with Crippen molar-refractivity contribution in [3.8, 4) is 10.8 Å². The van der Waals surface area contributed by atoms with Gasteiger partial charge in [0.15, 0.2) is 16.5 Å². The van der Waals surface area contributed by atoms with Gasteiger partial charge in [0.05, 0.1) is 10.2 Å². The first-order chi connectivity index (χ1) is 11.8. The molecule has 0 aliphatic carbocycles. The summed E-state index contributed by atoms with van der Waals surface area (Å²) in [6.07, 6.45) is 2.08. The summed E-state index contributed by atoms with van der Waals surface area (Å²) in [5.41, 5.74) is 0.954. The van der Waals surface area contributed by atoms with Crippen molar-refractivity contribution < 1.29 is 9.21 Å². The van der Waals surface area contributed by atoms with Gasteiger partial charge in [-0.15, -0.1) is 11.3 Å². The van der Waals surface area contributed by atoms with E-state index in [2.05, 4.69) is 10.3 Å². The summed E-state index contributed by atoms with van der Waals surface area (Å²) >= 11 is 1.58. The van der Waals surface area contributed by atoms with E-state index in [0.29, 0.717) is 11.5 Å². The molecule has 0 radical (unpaired) electrons. The summed E-state index contributed by atoms with van der Waals surface area (Å²) in [6, 6.07) is 11.8. The fourth-order valence-electron chi connectivity index (χ4n) is 3.24. The second kappa shape index (κ2) is 6.37. The Morgan fingerprint density at radius 3 is 3.08 bits per heavy atom. The molecule has 1 unspecified atom stereocenters. The minimum atomic E-state index is -0.0277. The van der Waals surface area contributed by atoms with E-state index < -0.39 is 0 Å². The number of carbonyl (C=O) groups is 1. The summed E-state index contributed by atoms with van der Waals surface area (Å²) in [5.74, 6) is 1.02. The van der Waals surface area contributed by atoms with E-state index in [1.54, 1.807) is 17.4 Å². The molecule has 124 valence electrons. The molecule has 1 saturated heterocycles. The summed E-state index contributed by atoms with van der Waals surface area (Å²) in [7, 11) is 1.92. The van der Waals surface area contributed by atoms with Crippen LogP contribution in [0.3, 0.4) is 0 Å². The molecule has 1 aliphatic heterocycles. The van der Waals surface area contributed by atoms with Crippen molar-refractivity contribution in [2.45, 2.75) is 18.9 Å². The van der Waals surface area contributed by atoms with Gasteiger partial charge in [-0.05, 0) is 44.2 Å². The Hall–Kier alpha value is -2.18. The van der Waals surface area contributed by atoms with Crippen LogP contribution in [0.15, 0.2) is 40.8 Å². The molecule has 1 aliphatic rings. The Bertz CT molecular complexity index is 837. The lowest BCUT2D eigenvalue weighted by molar-refractivity contribution is 0.0705. The molecule has 0 saturated carbocycles. The zero-order chi connectivity index (χ0) is 16.5. The Morgan fingerprint density at radius 2 is 2.25 bits per heavy atom. The van der Waals surface area contributed by atoms with Crippen LogP contribution in [0.25, 0.3) is 21.0 Å². The van der Waals surface area contributed by atoms with Gasteiger partial charge in [-0.25, -0.2) is 4.98 Å². The number of furan rings is 1. The van der Waals surface area contributed by atoms with Gasteiger partial charge in [-0.3, -0.25) is 4.79 Å². The Balaban J connectivity index is 1.59. The van der Waals surface area contributed by atoms with Gasteiger partial charge < -0.3 is 14.6 Å². The fraction of sp³-hybridized carbons (Fsp3) is 0.333. The molecule has 0 bridgehead atoms. The van der Waals surface area contributed by atoms with Crippen LogP contribution in [0.1, 0.15) is 23.4 Å². The van der Waals surface area contributed by atoms with Crippen LogP contribution in [-0.2, 0) is 0 Å². The number of amides is 1. The van der Waals surface area contributed by atoms with Gasteiger partial charge in [-0.1, -0.05) is 12.1 Å². The first-order valence-electron chi connectivity index (χ1n) is 8.17. The first-order valence-corrected chi connectivity index (χ1v) is 8.99. The monoisotopic (exact) mass is 341 g/mol. The zero-order valence-electron chi connectivity index (χ0n) is 13.5. The van der Waals surface area contributed by atoms with E-state index in [9.17, 15) is 4.79 Å². The van der Waals surface area contributed by atoms with Crippen LogP contribution in [0, 0.1) is 0 Å². The van der Waals surface area contributed by atoms with Gasteiger partial charge in [0.25, 0.3) is 5.91 Å². The normalized spacial score (nSPS) is 17.7.